The minimum Gasteiger partial charge on any atom is -0.396 e. The summed E-state index contributed by atoms with van der Waals surface area (Å²) in [4.78, 5) is 12.2. The number of amides is 1. The van der Waals surface area contributed by atoms with Crippen LogP contribution in [0.5, 0.6) is 0 Å². The summed E-state index contributed by atoms with van der Waals surface area (Å²) in [7, 11) is 1.58. The number of aliphatic hydroxyl groups is 1. The van der Waals surface area contributed by atoms with Gasteiger partial charge in [0.25, 0.3) is 0 Å². The lowest BCUT2D eigenvalue weighted by Crippen LogP contribution is -2.51. The molecule has 1 rings (SSSR count). The molecule has 17 heavy (non-hydrogen) atoms. The Morgan fingerprint density at radius 3 is 2.88 bits per heavy atom. The molecule has 0 aromatic carbocycles. The standard InChI is InChI=1S/C12H24N2O3/c1-12(6-3-4-10(12)13)11(16)14-9(5-7-15)8-17-2/h9-10,15H,3-8,13H2,1-2H3,(H,14,16). The van der Waals surface area contributed by atoms with Crippen molar-refractivity contribution in [2.45, 2.75) is 44.7 Å². The summed E-state index contributed by atoms with van der Waals surface area (Å²) in [6.07, 6.45) is 3.24. The van der Waals surface area contributed by atoms with Crippen molar-refractivity contribution in [3.63, 3.8) is 0 Å². The highest BCUT2D eigenvalue weighted by Crippen LogP contribution is 2.36. The van der Waals surface area contributed by atoms with Gasteiger partial charge in [-0.05, 0) is 26.2 Å². The molecular formula is C12H24N2O3. The lowest BCUT2D eigenvalue weighted by atomic mass is 9.84. The summed E-state index contributed by atoms with van der Waals surface area (Å²) in [6, 6.07) is -0.207. The van der Waals surface area contributed by atoms with Crippen LogP contribution in [0.25, 0.3) is 0 Å². The smallest absolute Gasteiger partial charge is 0.227 e. The highest BCUT2D eigenvalue weighted by Gasteiger charge is 2.43. The summed E-state index contributed by atoms with van der Waals surface area (Å²) in [6.45, 7) is 2.37. The van der Waals surface area contributed by atoms with Gasteiger partial charge < -0.3 is 20.9 Å². The second-order valence-corrected chi connectivity index (χ2v) is 5.05. The number of nitrogens with two attached hydrogens (primary N) is 1. The van der Waals surface area contributed by atoms with Crippen LogP contribution >= 0.6 is 0 Å². The molecule has 0 heterocycles. The third-order valence-electron chi connectivity index (χ3n) is 3.73. The van der Waals surface area contributed by atoms with Gasteiger partial charge in [-0.3, -0.25) is 4.79 Å². The minimum atomic E-state index is -0.471. The van der Waals surface area contributed by atoms with Crippen molar-refractivity contribution >= 4 is 5.91 Å². The van der Waals surface area contributed by atoms with Crippen molar-refractivity contribution < 1.29 is 14.6 Å². The summed E-state index contributed by atoms with van der Waals surface area (Å²) in [5.74, 6) is -0.0157. The number of carbonyl (C=O) groups is 1. The van der Waals surface area contributed by atoms with Crippen LogP contribution in [-0.2, 0) is 9.53 Å². The predicted octanol–water partition coefficient (Wildman–Crippen LogP) is 0.0175. The fraction of sp³-hybridized carbons (Fsp3) is 0.917. The molecular weight excluding hydrogens is 220 g/mol. The van der Waals surface area contributed by atoms with E-state index in [2.05, 4.69) is 5.32 Å². The molecule has 1 fully saturated rings. The normalized spacial score (nSPS) is 30.2. The van der Waals surface area contributed by atoms with E-state index in [9.17, 15) is 4.79 Å². The number of rotatable bonds is 6. The zero-order valence-electron chi connectivity index (χ0n) is 10.7. The monoisotopic (exact) mass is 244 g/mol. The second-order valence-electron chi connectivity index (χ2n) is 5.05. The number of carbonyl (C=O) groups excluding carboxylic acids is 1. The molecule has 100 valence electrons. The number of methoxy groups -OCH3 is 1. The Hall–Kier alpha value is -0.650. The van der Waals surface area contributed by atoms with E-state index in [4.69, 9.17) is 15.6 Å². The molecule has 3 atom stereocenters. The Morgan fingerprint density at radius 1 is 1.71 bits per heavy atom. The largest absolute Gasteiger partial charge is 0.396 e. The van der Waals surface area contributed by atoms with Crippen molar-refractivity contribution in [1.82, 2.24) is 5.32 Å². The summed E-state index contributed by atoms with van der Waals surface area (Å²) >= 11 is 0. The molecule has 4 N–H and O–H groups in total. The number of hydrogen-bond donors (Lipinski definition) is 3. The average Bonchev–Trinajstić information content (AvgIpc) is 2.61. The van der Waals surface area contributed by atoms with Crippen LogP contribution in [0.4, 0.5) is 0 Å². The van der Waals surface area contributed by atoms with E-state index >= 15 is 0 Å². The summed E-state index contributed by atoms with van der Waals surface area (Å²) in [5, 5.41) is 11.9. The minimum absolute atomic E-state index is 0.0157. The summed E-state index contributed by atoms with van der Waals surface area (Å²) in [5.41, 5.74) is 5.53. The van der Waals surface area contributed by atoms with Crippen LogP contribution in [-0.4, -0.2) is 43.4 Å². The first kappa shape index (κ1) is 14.4. The Balaban J connectivity index is 2.56. The Bertz CT molecular complexity index is 254. The van der Waals surface area contributed by atoms with E-state index in [1.165, 1.54) is 0 Å². The average molecular weight is 244 g/mol. The molecule has 1 aliphatic rings. The van der Waals surface area contributed by atoms with Crippen molar-refractivity contribution in [2.75, 3.05) is 20.3 Å². The van der Waals surface area contributed by atoms with Crippen LogP contribution in [0.1, 0.15) is 32.6 Å². The zero-order chi connectivity index (χ0) is 12.9. The van der Waals surface area contributed by atoms with E-state index in [0.717, 1.165) is 19.3 Å². The Morgan fingerprint density at radius 2 is 2.41 bits per heavy atom. The van der Waals surface area contributed by atoms with E-state index in [-0.39, 0.29) is 24.6 Å². The van der Waals surface area contributed by atoms with Gasteiger partial charge in [0, 0.05) is 19.8 Å². The van der Waals surface area contributed by atoms with E-state index < -0.39 is 5.41 Å². The van der Waals surface area contributed by atoms with Crippen molar-refractivity contribution in [2.24, 2.45) is 11.1 Å². The van der Waals surface area contributed by atoms with Gasteiger partial charge in [-0.15, -0.1) is 0 Å². The molecule has 5 nitrogen and oxygen atoms in total. The van der Waals surface area contributed by atoms with Crippen molar-refractivity contribution in [3.05, 3.63) is 0 Å². The van der Waals surface area contributed by atoms with Crippen LogP contribution in [0.3, 0.4) is 0 Å². The van der Waals surface area contributed by atoms with Gasteiger partial charge in [-0.1, -0.05) is 6.42 Å². The number of ether oxygens (including phenoxy) is 1. The summed E-state index contributed by atoms with van der Waals surface area (Å²) < 4.78 is 5.02. The highest BCUT2D eigenvalue weighted by atomic mass is 16.5. The van der Waals surface area contributed by atoms with Crippen LogP contribution in [0, 0.1) is 5.41 Å². The molecule has 0 radical (unpaired) electrons. The van der Waals surface area contributed by atoms with Crippen LogP contribution < -0.4 is 11.1 Å². The van der Waals surface area contributed by atoms with Crippen molar-refractivity contribution in [3.8, 4) is 0 Å². The molecule has 3 unspecified atom stereocenters. The van der Waals surface area contributed by atoms with Crippen LogP contribution in [0.15, 0.2) is 0 Å². The molecule has 0 bridgehead atoms. The Kier molecular flexibility index (Phi) is 5.36. The third-order valence-corrected chi connectivity index (χ3v) is 3.73. The van der Waals surface area contributed by atoms with E-state index in [1.807, 2.05) is 6.92 Å². The second kappa shape index (κ2) is 6.33. The topological polar surface area (TPSA) is 84.6 Å². The first-order chi connectivity index (χ1) is 8.04. The highest BCUT2D eigenvalue weighted by molar-refractivity contribution is 5.83. The van der Waals surface area contributed by atoms with E-state index in [0.29, 0.717) is 13.0 Å². The number of nitrogens with one attached hydrogen (secondary N) is 1. The molecule has 0 aromatic rings. The molecule has 0 aliphatic heterocycles. The number of aliphatic hydroxyl groups excluding tert-OH is 1. The maximum absolute atomic E-state index is 12.2. The molecule has 5 heteroatoms. The number of hydrogen-bond acceptors (Lipinski definition) is 4. The van der Waals surface area contributed by atoms with Gasteiger partial charge in [-0.2, -0.15) is 0 Å². The van der Waals surface area contributed by atoms with Crippen LogP contribution in [0.2, 0.25) is 0 Å². The third kappa shape index (κ3) is 3.40. The molecule has 1 amide bonds. The van der Waals surface area contributed by atoms with Gasteiger partial charge in [0.2, 0.25) is 5.91 Å². The predicted molar refractivity (Wildman–Crippen MR) is 65.4 cm³/mol. The lowest BCUT2D eigenvalue weighted by molar-refractivity contribution is -0.131. The van der Waals surface area contributed by atoms with Gasteiger partial charge in [-0.25, -0.2) is 0 Å². The van der Waals surface area contributed by atoms with Gasteiger partial charge in [0.1, 0.15) is 0 Å². The molecule has 1 aliphatic carbocycles. The first-order valence-electron chi connectivity index (χ1n) is 6.21. The lowest BCUT2D eigenvalue weighted by Gasteiger charge is -2.30. The van der Waals surface area contributed by atoms with Gasteiger partial charge in [0.15, 0.2) is 0 Å². The SMILES string of the molecule is COCC(CCO)NC(=O)C1(C)CCCC1N. The maximum Gasteiger partial charge on any atom is 0.227 e. The quantitative estimate of drug-likeness (QED) is 0.615. The molecule has 0 saturated heterocycles. The van der Waals surface area contributed by atoms with Gasteiger partial charge >= 0.3 is 0 Å². The fourth-order valence-corrected chi connectivity index (χ4v) is 2.38. The molecule has 0 aromatic heterocycles. The molecule has 0 spiro atoms. The maximum atomic E-state index is 12.2. The Labute approximate surface area is 103 Å². The zero-order valence-corrected chi connectivity index (χ0v) is 10.7. The fourth-order valence-electron chi connectivity index (χ4n) is 2.38. The van der Waals surface area contributed by atoms with Crippen molar-refractivity contribution in [1.29, 1.82) is 0 Å². The van der Waals surface area contributed by atoms with E-state index in [1.54, 1.807) is 7.11 Å². The van der Waals surface area contributed by atoms with Gasteiger partial charge in [0.05, 0.1) is 18.1 Å². The first-order valence-corrected chi connectivity index (χ1v) is 6.21. The molecule has 1 saturated carbocycles.